The van der Waals surface area contributed by atoms with Crippen LogP contribution in [-0.2, 0) is 14.3 Å². The number of hydrogen-bond donors (Lipinski definition) is 1. The molecule has 3 rings (SSSR count). The van der Waals surface area contributed by atoms with Gasteiger partial charge in [-0.2, -0.15) is 0 Å². The summed E-state index contributed by atoms with van der Waals surface area (Å²) >= 11 is 0. The van der Waals surface area contributed by atoms with Crippen LogP contribution in [0.15, 0.2) is 12.2 Å². The van der Waals surface area contributed by atoms with Gasteiger partial charge in [0.2, 0.25) is 5.91 Å². The van der Waals surface area contributed by atoms with Crippen molar-refractivity contribution < 1.29 is 19.4 Å². The molecule has 1 N–H and O–H groups in total. The van der Waals surface area contributed by atoms with E-state index in [0.29, 0.717) is 39.2 Å². The zero-order valence-corrected chi connectivity index (χ0v) is 12.2. The fourth-order valence-electron chi connectivity index (χ4n) is 3.54. The van der Waals surface area contributed by atoms with Gasteiger partial charge in [-0.05, 0) is 12.8 Å². The minimum absolute atomic E-state index is 0.0970. The molecule has 6 heteroatoms. The maximum Gasteiger partial charge on any atom is 0.326 e. The van der Waals surface area contributed by atoms with Crippen LogP contribution < -0.4 is 0 Å². The fraction of sp³-hybridized carbons (Fsp3) is 0.733. The highest BCUT2D eigenvalue weighted by molar-refractivity contribution is 5.81. The van der Waals surface area contributed by atoms with E-state index in [1.807, 2.05) is 9.80 Å². The number of carbonyl (C=O) groups excluding carboxylic acids is 1. The first-order valence-corrected chi connectivity index (χ1v) is 7.63. The molecule has 2 aliphatic heterocycles. The van der Waals surface area contributed by atoms with Crippen molar-refractivity contribution in [2.75, 3.05) is 39.4 Å². The minimum atomic E-state index is -0.885. The summed E-state index contributed by atoms with van der Waals surface area (Å²) in [5, 5.41) is 9.55. The van der Waals surface area contributed by atoms with E-state index in [2.05, 4.69) is 12.2 Å². The standard InChI is InChI=1S/C15H22N2O4/c18-13(12-3-1-2-4-12)16-6-8-17(9-7-16)15(14(19)20)5-10-21-11-15/h1-2,12H,3-11H2,(H,19,20). The largest absolute Gasteiger partial charge is 0.480 e. The third-order valence-electron chi connectivity index (χ3n) is 4.95. The van der Waals surface area contributed by atoms with E-state index < -0.39 is 11.5 Å². The van der Waals surface area contributed by atoms with Crippen LogP contribution in [0.25, 0.3) is 0 Å². The van der Waals surface area contributed by atoms with Crippen LogP contribution in [0, 0.1) is 5.92 Å². The molecule has 3 aliphatic rings. The zero-order valence-electron chi connectivity index (χ0n) is 12.2. The number of aliphatic carboxylic acids is 1. The van der Waals surface area contributed by atoms with Crippen LogP contribution >= 0.6 is 0 Å². The van der Waals surface area contributed by atoms with Crippen LogP contribution in [0.5, 0.6) is 0 Å². The maximum absolute atomic E-state index is 12.4. The molecule has 1 atom stereocenters. The van der Waals surface area contributed by atoms with Gasteiger partial charge in [0, 0.05) is 45.1 Å². The number of nitrogens with zero attached hydrogens (tertiary/aromatic N) is 2. The molecule has 0 aromatic rings. The van der Waals surface area contributed by atoms with Gasteiger partial charge < -0.3 is 14.7 Å². The number of carboxylic acid groups (broad SMARTS) is 1. The summed E-state index contributed by atoms with van der Waals surface area (Å²) in [6.07, 6.45) is 6.34. The van der Waals surface area contributed by atoms with E-state index in [1.54, 1.807) is 0 Å². The van der Waals surface area contributed by atoms with Gasteiger partial charge >= 0.3 is 5.97 Å². The molecule has 116 valence electrons. The summed E-state index contributed by atoms with van der Waals surface area (Å²) < 4.78 is 5.32. The molecule has 0 saturated carbocycles. The number of carboxylic acids is 1. The van der Waals surface area contributed by atoms with Crippen LogP contribution in [-0.4, -0.2) is 71.7 Å². The highest BCUT2D eigenvalue weighted by Gasteiger charge is 2.48. The average Bonchev–Trinajstić information content (AvgIpc) is 3.18. The van der Waals surface area contributed by atoms with Crippen LogP contribution in [0.3, 0.4) is 0 Å². The zero-order chi connectivity index (χ0) is 14.9. The Morgan fingerprint density at radius 2 is 1.81 bits per heavy atom. The first kappa shape index (κ1) is 14.5. The number of allylic oxidation sites excluding steroid dienone is 2. The van der Waals surface area contributed by atoms with E-state index in [-0.39, 0.29) is 18.4 Å². The number of piperazine rings is 1. The van der Waals surface area contributed by atoms with E-state index in [0.717, 1.165) is 12.8 Å². The molecule has 0 spiro atoms. The van der Waals surface area contributed by atoms with E-state index >= 15 is 0 Å². The smallest absolute Gasteiger partial charge is 0.326 e. The van der Waals surface area contributed by atoms with Gasteiger partial charge in [0.25, 0.3) is 0 Å². The lowest BCUT2D eigenvalue weighted by Gasteiger charge is -2.43. The molecule has 1 amide bonds. The number of carbonyl (C=O) groups is 2. The van der Waals surface area contributed by atoms with Gasteiger partial charge in [-0.25, -0.2) is 0 Å². The van der Waals surface area contributed by atoms with E-state index in [1.165, 1.54) is 0 Å². The van der Waals surface area contributed by atoms with Gasteiger partial charge in [-0.15, -0.1) is 0 Å². The van der Waals surface area contributed by atoms with Gasteiger partial charge in [0.1, 0.15) is 5.54 Å². The monoisotopic (exact) mass is 294 g/mol. The van der Waals surface area contributed by atoms with Crippen LogP contribution in [0.1, 0.15) is 19.3 Å². The molecule has 2 saturated heterocycles. The summed E-state index contributed by atoms with van der Waals surface area (Å²) in [6, 6.07) is 0. The predicted molar refractivity (Wildman–Crippen MR) is 75.8 cm³/mol. The van der Waals surface area contributed by atoms with Crippen molar-refractivity contribution in [3.05, 3.63) is 12.2 Å². The third kappa shape index (κ3) is 2.58. The summed E-state index contributed by atoms with van der Waals surface area (Å²) in [5.41, 5.74) is -0.885. The number of amides is 1. The van der Waals surface area contributed by atoms with Gasteiger partial charge in [0.05, 0.1) is 6.61 Å². The lowest BCUT2D eigenvalue weighted by molar-refractivity contribution is -0.154. The Bertz CT molecular complexity index is 441. The van der Waals surface area contributed by atoms with Crippen molar-refractivity contribution in [2.24, 2.45) is 5.92 Å². The van der Waals surface area contributed by atoms with Gasteiger partial charge in [-0.3, -0.25) is 14.5 Å². The summed E-state index contributed by atoms with van der Waals surface area (Å²) in [6.45, 7) is 3.21. The Balaban J connectivity index is 1.59. The summed E-state index contributed by atoms with van der Waals surface area (Å²) in [4.78, 5) is 27.9. The third-order valence-corrected chi connectivity index (χ3v) is 4.95. The number of ether oxygens (including phenoxy) is 1. The topological polar surface area (TPSA) is 70.1 Å². The quantitative estimate of drug-likeness (QED) is 0.760. The SMILES string of the molecule is O=C(C1CC=CC1)N1CCN(C2(C(=O)O)CCOC2)CC1. The first-order chi connectivity index (χ1) is 10.1. The molecule has 2 heterocycles. The Labute approximate surface area is 124 Å². The van der Waals surface area contributed by atoms with E-state index in [4.69, 9.17) is 4.74 Å². The average molecular weight is 294 g/mol. The Kier molecular flexibility index (Phi) is 3.99. The molecule has 1 unspecified atom stereocenters. The molecular weight excluding hydrogens is 272 g/mol. The van der Waals surface area contributed by atoms with E-state index in [9.17, 15) is 14.7 Å². The second kappa shape index (κ2) is 5.77. The Hall–Kier alpha value is -1.40. The van der Waals surface area contributed by atoms with Crippen molar-refractivity contribution in [1.29, 1.82) is 0 Å². The molecule has 0 aromatic carbocycles. The molecule has 6 nitrogen and oxygen atoms in total. The second-order valence-electron chi connectivity index (χ2n) is 6.09. The Morgan fingerprint density at radius 3 is 2.33 bits per heavy atom. The highest BCUT2D eigenvalue weighted by atomic mass is 16.5. The first-order valence-electron chi connectivity index (χ1n) is 7.63. The van der Waals surface area contributed by atoms with Crippen molar-refractivity contribution in [3.8, 4) is 0 Å². The lowest BCUT2D eigenvalue weighted by Crippen LogP contribution is -2.62. The Morgan fingerprint density at radius 1 is 1.14 bits per heavy atom. The fourth-order valence-corrected chi connectivity index (χ4v) is 3.54. The van der Waals surface area contributed by atoms with Gasteiger partial charge in [-0.1, -0.05) is 12.2 Å². The molecule has 0 bridgehead atoms. The van der Waals surface area contributed by atoms with Crippen molar-refractivity contribution in [3.63, 3.8) is 0 Å². The lowest BCUT2D eigenvalue weighted by atomic mass is 9.95. The van der Waals surface area contributed by atoms with Crippen molar-refractivity contribution >= 4 is 11.9 Å². The molecule has 21 heavy (non-hydrogen) atoms. The second-order valence-corrected chi connectivity index (χ2v) is 6.09. The van der Waals surface area contributed by atoms with Crippen molar-refractivity contribution in [2.45, 2.75) is 24.8 Å². The number of hydrogen-bond acceptors (Lipinski definition) is 4. The number of rotatable bonds is 3. The van der Waals surface area contributed by atoms with Gasteiger partial charge in [0.15, 0.2) is 0 Å². The maximum atomic E-state index is 12.4. The van der Waals surface area contributed by atoms with Crippen LogP contribution in [0.4, 0.5) is 0 Å². The highest BCUT2D eigenvalue weighted by Crippen LogP contribution is 2.29. The molecule has 1 aliphatic carbocycles. The van der Waals surface area contributed by atoms with Crippen LogP contribution in [0.2, 0.25) is 0 Å². The molecular formula is C15H22N2O4. The summed E-state index contributed by atoms with van der Waals surface area (Å²) in [7, 11) is 0. The summed E-state index contributed by atoms with van der Waals surface area (Å²) in [5.74, 6) is -0.494. The normalized spacial score (nSPS) is 31.0. The minimum Gasteiger partial charge on any atom is -0.480 e. The molecule has 0 radical (unpaired) electrons. The molecule has 0 aromatic heterocycles. The predicted octanol–water partition coefficient (Wildman–Crippen LogP) is 0.341. The van der Waals surface area contributed by atoms with Crippen molar-refractivity contribution in [1.82, 2.24) is 9.80 Å². The molecule has 2 fully saturated rings.